The fraction of sp³-hybridized carbons (Fsp3) is 0.615. The lowest BCUT2D eigenvalue weighted by Gasteiger charge is -2.28. The Balaban J connectivity index is 1.93. The highest BCUT2D eigenvalue weighted by atomic mass is 16.5. The molecule has 1 saturated heterocycles. The van der Waals surface area contributed by atoms with E-state index in [-0.39, 0.29) is 12.2 Å². The van der Waals surface area contributed by atoms with Crippen LogP contribution in [0.5, 0.6) is 11.6 Å². The van der Waals surface area contributed by atoms with Crippen LogP contribution in [0.1, 0.15) is 20.3 Å². The first-order valence-corrected chi connectivity index (χ1v) is 6.33. The van der Waals surface area contributed by atoms with Crippen molar-refractivity contribution in [2.45, 2.75) is 38.6 Å². The Morgan fingerprint density at radius 3 is 2.89 bits per heavy atom. The van der Waals surface area contributed by atoms with Crippen molar-refractivity contribution in [1.82, 2.24) is 10.3 Å². The second-order valence-electron chi connectivity index (χ2n) is 4.72. The smallest absolute Gasteiger partial charge is 0.213 e. The van der Waals surface area contributed by atoms with Crippen LogP contribution in [-0.2, 0) is 0 Å². The number of nitrogens with one attached hydrogen (secondary N) is 1. The highest BCUT2D eigenvalue weighted by Crippen LogP contribution is 2.18. The van der Waals surface area contributed by atoms with E-state index in [1.54, 1.807) is 12.3 Å². The summed E-state index contributed by atoms with van der Waals surface area (Å²) < 4.78 is 11.2. The van der Waals surface area contributed by atoms with Crippen molar-refractivity contribution < 1.29 is 14.6 Å². The van der Waals surface area contributed by atoms with Gasteiger partial charge in [-0.3, -0.25) is 0 Å². The molecule has 5 nitrogen and oxygen atoms in total. The molecule has 2 N–H and O–H groups in total. The first-order chi connectivity index (χ1) is 8.65. The monoisotopic (exact) mass is 252 g/mol. The number of aliphatic hydroxyl groups is 1. The third kappa shape index (κ3) is 3.58. The molecule has 100 valence electrons. The Morgan fingerprint density at radius 1 is 1.44 bits per heavy atom. The molecule has 2 atom stereocenters. The van der Waals surface area contributed by atoms with Crippen LogP contribution in [0.15, 0.2) is 18.3 Å². The highest BCUT2D eigenvalue weighted by Gasteiger charge is 2.24. The Hall–Kier alpha value is -1.33. The molecule has 1 aromatic rings. The van der Waals surface area contributed by atoms with Crippen LogP contribution in [0.3, 0.4) is 0 Å². The minimum absolute atomic E-state index is 0.129. The van der Waals surface area contributed by atoms with Gasteiger partial charge in [0.05, 0.1) is 12.3 Å². The number of nitrogens with zero attached hydrogens (tertiary/aromatic N) is 1. The summed E-state index contributed by atoms with van der Waals surface area (Å²) in [4.78, 5) is 4.18. The quantitative estimate of drug-likeness (QED) is 0.836. The molecule has 0 amide bonds. The van der Waals surface area contributed by atoms with Crippen LogP contribution < -0.4 is 14.8 Å². The van der Waals surface area contributed by atoms with Gasteiger partial charge < -0.3 is 19.9 Å². The van der Waals surface area contributed by atoms with Crippen molar-refractivity contribution >= 4 is 0 Å². The second kappa shape index (κ2) is 6.02. The van der Waals surface area contributed by atoms with Gasteiger partial charge in [-0.25, -0.2) is 4.98 Å². The van der Waals surface area contributed by atoms with Crippen LogP contribution in [-0.4, -0.2) is 41.5 Å². The predicted molar refractivity (Wildman–Crippen MR) is 67.9 cm³/mol. The summed E-state index contributed by atoms with van der Waals surface area (Å²) in [7, 11) is 0. The van der Waals surface area contributed by atoms with E-state index in [2.05, 4.69) is 10.3 Å². The summed E-state index contributed by atoms with van der Waals surface area (Å²) in [6, 6.07) is 3.60. The number of hydrogen-bond acceptors (Lipinski definition) is 5. The third-order valence-corrected chi connectivity index (χ3v) is 2.74. The number of β-amino-alcohol motifs (C(OH)–C–C–N with tert-alkyl or cyclic N) is 1. The van der Waals surface area contributed by atoms with Crippen LogP contribution in [0.2, 0.25) is 0 Å². The van der Waals surface area contributed by atoms with Crippen LogP contribution in [0.4, 0.5) is 0 Å². The summed E-state index contributed by atoms with van der Waals surface area (Å²) in [5.41, 5.74) is 0. The third-order valence-electron chi connectivity index (χ3n) is 2.74. The van der Waals surface area contributed by atoms with Gasteiger partial charge in [0, 0.05) is 12.6 Å². The molecular formula is C13H20N2O3. The Morgan fingerprint density at radius 2 is 2.28 bits per heavy atom. The molecule has 0 saturated carbocycles. The average Bonchev–Trinajstić information content (AvgIpc) is 2.34. The molecule has 2 heterocycles. The lowest BCUT2D eigenvalue weighted by molar-refractivity contribution is 0.0137. The molecule has 0 bridgehead atoms. The lowest BCUT2D eigenvalue weighted by Crippen LogP contribution is -2.46. The molecule has 0 aromatic carbocycles. The van der Waals surface area contributed by atoms with Crippen LogP contribution in [0.25, 0.3) is 0 Å². The Kier molecular flexibility index (Phi) is 4.38. The number of rotatable bonds is 4. The fourth-order valence-corrected chi connectivity index (χ4v) is 1.89. The molecule has 0 radical (unpaired) electrons. The summed E-state index contributed by atoms with van der Waals surface area (Å²) in [6.07, 6.45) is 1.89. The maximum atomic E-state index is 9.76. The molecule has 0 aliphatic carbocycles. The molecule has 18 heavy (non-hydrogen) atoms. The highest BCUT2D eigenvalue weighted by molar-refractivity contribution is 5.23. The van der Waals surface area contributed by atoms with Gasteiger partial charge >= 0.3 is 0 Å². The van der Waals surface area contributed by atoms with Crippen molar-refractivity contribution in [2.75, 3.05) is 13.1 Å². The minimum atomic E-state index is -0.479. The van der Waals surface area contributed by atoms with Crippen LogP contribution in [0, 0.1) is 0 Å². The maximum absolute atomic E-state index is 9.76. The molecule has 1 aliphatic heterocycles. The van der Waals surface area contributed by atoms with Gasteiger partial charge in [0.1, 0.15) is 18.0 Å². The normalized spacial score (nSPS) is 24.0. The zero-order chi connectivity index (χ0) is 13.0. The van der Waals surface area contributed by atoms with E-state index in [1.165, 1.54) is 0 Å². The Labute approximate surface area is 107 Å². The van der Waals surface area contributed by atoms with E-state index in [1.807, 2.05) is 19.9 Å². The lowest BCUT2D eigenvalue weighted by atomic mass is 10.1. The van der Waals surface area contributed by atoms with Crippen LogP contribution >= 0.6 is 0 Å². The SMILES string of the molecule is CC(C)Oc1ccc(O[C@@H]2CCNC[C@H]2O)nc1. The average molecular weight is 252 g/mol. The summed E-state index contributed by atoms with van der Waals surface area (Å²) in [5, 5.41) is 12.9. The first-order valence-electron chi connectivity index (χ1n) is 6.33. The van der Waals surface area contributed by atoms with E-state index in [9.17, 15) is 5.11 Å². The molecule has 1 aromatic heterocycles. The minimum Gasteiger partial charge on any atom is -0.489 e. The molecule has 1 aliphatic rings. The number of aromatic nitrogens is 1. The molecular weight excluding hydrogens is 232 g/mol. The summed E-state index contributed by atoms with van der Waals surface area (Å²) in [6.45, 7) is 5.36. The van der Waals surface area contributed by atoms with Gasteiger partial charge in [0.2, 0.25) is 5.88 Å². The van der Waals surface area contributed by atoms with E-state index in [4.69, 9.17) is 9.47 Å². The molecule has 0 unspecified atom stereocenters. The van der Waals surface area contributed by atoms with E-state index in [0.29, 0.717) is 12.4 Å². The van der Waals surface area contributed by atoms with Gasteiger partial charge in [0.15, 0.2) is 0 Å². The van der Waals surface area contributed by atoms with Crippen molar-refractivity contribution in [3.63, 3.8) is 0 Å². The van der Waals surface area contributed by atoms with Crippen molar-refractivity contribution in [3.05, 3.63) is 18.3 Å². The Bertz CT molecular complexity index is 367. The number of piperidine rings is 1. The van der Waals surface area contributed by atoms with E-state index < -0.39 is 6.10 Å². The van der Waals surface area contributed by atoms with Gasteiger partial charge in [-0.2, -0.15) is 0 Å². The number of ether oxygens (including phenoxy) is 2. The van der Waals surface area contributed by atoms with Crippen molar-refractivity contribution in [3.8, 4) is 11.6 Å². The first kappa shape index (κ1) is 13.1. The van der Waals surface area contributed by atoms with Gasteiger partial charge in [-0.1, -0.05) is 0 Å². The van der Waals surface area contributed by atoms with Crippen molar-refractivity contribution in [2.24, 2.45) is 0 Å². The molecule has 1 fully saturated rings. The fourth-order valence-electron chi connectivity index (χ4n) is 1.89. The van der Waals surface area contributed by atoms with Gasteiger partial charge in [0.25, 0.3) is 0 Å². The number of hydrogen-bond donors (Lipinski definition) is 2. The van der Waals surface area contributed by atoms with Gasteiger partial charge in [-0.05, 0) is 32.9 Å². The predicted octanol–water partition coefficient (Wildman–Crippen LogP) is 0.970. The molecule has 2 rings (SSSR count). The topological polar surface area (TPSA) is 63.6 Å². The zero-order valence-corrected chi connectivity index (χ0v) is 10.8. The van der Waals surface area contributed by atoms with E-state index in [0.717, 1.165) is 18.7 Å². The van der Waals surface area contributed by atoms with E-state index >= 15 is 0 Å². The molecule has 0 spiro atoms. The summed E-state index contributed by atoms with van der Waals surface area (Å²) >= 11 is 0. The zero-order valence-electron chi connectivity index (χ0n) is 10.8. The second-order valence-corrected chi connectivity index (χ2v) is 4.72. The van der Waals surface area contributed by atoms with Crippen molar-refractivity contribution in [1.29, 1.82) is 0 Å². The van der Waals surface area contributed by atoms with Gasteiger partial charge in [-0.15, -0.1) is 0 Å². The summed E-state index contributed by atoms with van der Waals surface area (Å²) in [5.74, 6) is 1.25. The number of pyridine rings is 1. The molecule has 5 heteroatoms. The standard InChI is InChI=1S/C13H20N2O3/c1-9(2)17-10-3-4-13(15-7-10)18-12-5-6-14-8-11(12)16/h3-4,7,9,11-12,14,16H,5-6,8H2,1-2H3/t11-,12-/m1/s1. The number of aliphatic hydroxyl groups excluding tert-OH is 1. The largest absolute Gasteiger partial charge is 0.489 e. The maximum Gasteiger partial charge on any atom is 0.213 e.